The van der Waals surface area contributed by atoms with Gasteiger partial charge in [-0.25, -0.2) is 4.79 Å². The summed E-state index contributed by atoms with van der Waals surface area (Å²) in [4.78, 5) is 39.4. The van der Waals surface area contributed by atoms with Gasteiger partial charge in [0.1, 0.15) is 5.54 Å². The van der Waals surface area contributed by atoms with E-state index in [0.29, 0.717) is 32.4 Å². The highest BCUT2D eigenvalue weighted by Gasteiger charge is 2.51. The van der Waals surface area contributed by atoms with Crippen LogP contribution in [0.2, 0.25) is 0 Å². The Bertz CT molecular complexity index is 676. The third-order valence-corrected chi connectivity index (χ3v) is 5.39. The molecule has 1 aromatic carbocycles. The highest BCUT2D eigenvalue weighted by molar-refractivity contribution is 6.06. The van der Waals surface area contributed by atoms with Crippen LogP contribution in [0.5, 0.6) is 0 Å². The summed E-state index contributed by atoms with van der Waals surface area (Å²) in [6.07, 6.45) is 3.18. The molecule has 2 aliphatic rings. The van der Waals surface area contributed by atoms with E-state index in [2.05, 4.69) is 36.5 Å². The van der Waals surface area contributed by atoms with Crippen molar-refractivity contribution in [2.75, 3.05) is 20.1 Å². The van der Waals surface area contributed by atoms with E-state index in [-0.39, 0.29) is 17.8 Å². The Hall–Kier alpha value is -2.37. The van der Waals surface area contributed by atoms with Crippen molar-refractivity contribution in [3.05, 3.63) is 35.4 Å². The highest BCUT2D eigenvalue weighted by Crippen LogP contribution is 2.29. The van der Waals surface area contributed by atoms with Gasteiger partial charge in [0.25, 0.3) is 5.91 Å². The number of carbonyl (C=O) groups excluding carboxylic acids is 3. The molecule has 4 amide bonds. The largest absolute Gasteiger partial charge is 0.342 e. The molecule has 2 aliphatic heterocycles. The predicted octanol–water partition coefficient (Wildman–Crippen LogP) is 1.72. The minimum atomic E-state index is -0.807. The first kappa shape index (κ1) is 17.5. The van der Waals surface area contributed by atoms with Crippen molar-refractivity contribution in [3.63, 3.8) is 0 Å². The standard InChI is InChI=1S/C19H25N3O3/c1-3-14-4-6-15(7-5-14)8-9-16(23)22-12-10-19(11-13-22)17(24)21(2)18(25)20-19/h4-7H,3,8-13H2,1-2H3,(H,20,25). The first-order chi connectivity index (χ1) is 11.9. The molecule has 1 aromatic rings. The molecule has 0 atom stereocenters. The van der Waals surface area contributed by atoms with E-state index < -0.39 is 5.54 Å². The van der Waals surface area contributed by atoms with Gasteiger partial charge < -0.3 is 10.2 Å². The second-order valence-corrected chi connectivity index (χ2v) is 6.93. The van der Waals surface area contributed by atoms with E-state index in [4.69, 9.17) is 0 Å². The van der Waals surface area contributed by atoms with Crippen molar-refractivity contribution >= 4 is 17.8 Å². The van der Waals surface area contributed by atoms with Gasteiger partial charge in [-0.05, 0) is 36.8 Å². The van der Waals surface area contributed by atoms with Crippen LogP contribution < -0.4 is 5.32 Å². The number of hydrogen-bond acceptors (Lipinski definition) is 3. The molecule has 0 aliphatic carbocycles. The normalized spacial score (nSPS) is 19.4. The second kappa shape index (κ2) is 6.86. The van der Waals surface area contributed by atoms with Gasteiger partial charge in [0.2, 0.25) is 5.91 Å². The zero-order chi connectivity index (χ0) is 18.0. The van der Waals surface area contributed by atoms with Crippen molar-refractivity contribution in [2.45, 2.75) is 44.6 Å². The number of carbonyl (C=O) groups is 3. The summed E-state index contributed by atoms with van der Waals surface area (Å²) >= 11 is 0. The van der Waals surface area contributed by atoms with Crippen molar-refractivity contribution in [2.24, 2.45) is 0 Å². The Balaban J connectivity index is 1.51. The number of likely N-dealkylation sites (tertiary alicyclic amines) is 1. The number of amides is 4. The first-order valence-electron chi connectivity index (χ1n) is 8.91. The fourth-order valence-corrected chi connectivity index (χ4v) is 3.58. The lowest BCUT2D eigenvalue weighted by atomic mass is 9.87. The third-order valence-electron chi connectivity index (χ3n) is 5.39. The molecule has 3 rings (SSSR count). The van der Waals surface area contributed by atoms with Gasteiger partial charge in [-0.15, -0.1) is 0 Å². The number of imide groups is 1. The molecule has 25 heavy (non-hydrogen) atoms. The lowest BCUT2D eigenvalue weighted by molar-refractivity contribution is -0.138. The van der Waals surface area contributed by atoms with Crippen LogP contribution in [0.25, 0.3) is 0 Å². The number of nitrogens with zero attached hydrogens (tertiary/aromatic N) is 2. The molecule has 6 heteroatoms. The summed E-state index contributed by atoms with van der Waals surface area (Å²) in [5, 5.41) is 2.80. The van der Waals surface area contributed by atoms with E-state index in [1.165, 1.54) is 18.2 Å². The number of rotatable bonds is 4. The van der Waals surface area contributed by atoms with E-state index in [0.717, 1.165) is 17.7 Å². The minimum absolute atomic E-state index is 0.111. The van der Waals surface area contributed by atoms with Crippen LogP contribution in [0.1, 0.15) is 37.3 Å². The molecule has 0 saturated carbocycles. The van der Waals surface area contributed by atoms with E-state index >= 15 is 0 Å². The average Bonchev–Trinajstić information content (AvgIpc) is 2.84. The van der Waals surface area contributed by atoms with Crippen molar-refractivity contribution in [1.82, 2.24) is 15.1 Å². The van der Waals surface area contributed by atoms with Crippen molar-refractivity contribution in [3.8, 4) is 0 Å². The van der Waals surface area contributed by atoms with E-state index in [9.17, 15) is 14.4 Å². The van der Waals surface area contributed by atoms with Gasteiger partial charge in [-0.2, -0.15) is 0 Å². The van der Waals surface area contributed by atoms with Crippen LogP contribution in [0, 0.1) is 0 Å². The van der Waals surface area contributed by atoms with Crippen LogP contribution in [0.15, 0.2) is 24.3 Å². The van der Waals surface area contributed by atoms with Crippen molar-refractivity contribution in [1.29, 1.82) is 0 Å². The van der Waals surface area contributed by atoms with Gasteiger partial charge in [0.05, 0.1) is 0 Å². The van der Waals surface area contributed by atoms with Crippen LogP contribution in [0.4, 0.5) is 4.79 Å². The summed E-state index contributed by atoms with van der Waals surface area (Å²) in [7, 11) is 1.49. The quantitative estimate of drug-likeness (QED) is 0.847. The Morgan fingerprint density at radius 1 is 1.12 bits per heavy atom. The fraction of sp³-hybridized carbons (Fsp3) is 0.526. The molecule has 134 valence electrons. The SMILES string of the molecule is CCc1ccc(CCC(=O)N2CCC3(CC2)NC(=O)N(C)C3=O)cc1. The molecule has 1 spiro atoms. The molecule has 2 heterocycles. The highest BCUT2D eigenvalue weighted by atomic mass is 16.2. The summed E-state index contributed by atoms with van der Waals surface area (Å²) in [5.41, 5.74) is 1.65. The monoisotopic (exact) mass is 343 g/mol. The Morgan fingerprint density at radius 2 is 1.72 bits per heavy atom. The third kappa shape index (κ3) is 3.38. The number of aryl methyl sites for hydroxylation is 2. The second-order valence-electron chi connectivity index (χ2n) is 6.93. The smallest absolute Gasteiger partial charge is 0.324 e. The summed E-state index contributed by atoms with van der Waals surface area (Å²) < 4.78 is 0. The molecule has 6 nitrogen and oxygen atoms in total. The summed E-state index contributed by atoms with van der Waals surface area (Å²) in [6.45, 7) is 3.14. The molecule has 1 N–H and O–H groups in total. The predicted molar refractivity (Wildman–Crippen MR) is 94.0 cm³/mol. The van der Waals surface area contributed by atoms with Gasteiger partial charge in [-0.1, -0.05) is 31.2 Å². The zero-order valence-electron chi connectivity index (χ0n) is 14.9. The molecule has 2 fully saturated rings. The molecular formula is C19H25N3O3. The van der Waals surface area contributed by atoms with Crippen molar-refractivity contribution < 1.29 is 14.4 Å². The lowest BCUT2D eigenvalue weighted by Gasteiger charge is -2.37. The van der Waals surface area contributed by atoms with Crippen LogP contribution >= 0.6 is 0 Å². The molecule has 0 aromatic heterocycles. The van der Waals surface area contributed by atoms with Crippen LogP contribution in [0.3, 0.4) is 0 Å². The Morgan fingerprint density at radius 3 is 2.24 bits per heavy atom. The zero-order valence-corrected chi connectivity index (χ0v) is 14.9. The molecular weight excluding hydrogens is 318 g/mol. The number of piperidine rings is 1. The van der Waals surface area contributed by atoms with Crippen LogP contribution in [-0.2, 0) is 22.4 Å². The Kier molecular flexibility index (Phi) is 4.79. The maximum atomic E-state index is 12.5. The fourth-order valence-electron chi connectivity index (χ4n) is 3.58. The number of urea groups is 1. The number of nitrogens with one attached hydrogen (secondary N) is 1. The summed E-state index contributed by atoms with van der Waals surface area (Å²) in [5.74, 6) is -0.0693. The average molecular weight is 343 g/mol. The lowest BCUT2D eigenvalue weighted by Crippen LogP contribution is -2.55. The summed E-state index contributed by atoms with van der Waals surface area (Å²) in [6, 6.07) is 8.03. The number of hydrogen-bond donors (Lipinski definition) is 1. The molecule has 0 unspecified atom stereocenters. The van der Waals surface area contributed by atoms with Crippen LogP contribution in [-0.4, -0.2) is 53.3 Å². The topological polar surface area (TPSA) is 69.7 Å². The number of likely N-dealkylation sites (N-methyl/N-ethyl adjacent to an activating group) is 1. The maximum absolute atomic E-state index is 12.5. The van der Waals surface area contributed by atoms with E-state index in [1.54, 1.807) is 0 Å². The Labute approximate surface area is 148 Å². The number of benzene rings is 1. The molecule has 2 saturated heterocycles. The molecule has 0 radical (unpaired) electrons. The van der Waals surface area contributed by atoms with E-state index in [1.807, 2.05) is 4.90 Å². The first-order valence-corrected chi connectivity index (χ1v) is 8.91. The molecule has 0 bridgehead atoms. The van der Waals surface area contributed by atoms with Gasteiger partial charge in [-0.3, -0.25) is 14.5 Å². The maximum Gasteiger partial charge on any atom is 0.324 e. The van der Waals surface area contributed by atoms with Gasteiger partial charge in [0.15, 0.2) is 0 Å². The van der Waals surface area contributed by atoms with Gasteiger partial charge >= 0.3 is 6.03 Å². The minimum Gasteiger partial charge on any atom is -0.342 e. The van der Waals surface area contributed by atoms with Gasteiger partial charge in [0, 0.05) is 26.6 Å².